The van der Waals surface area contributed by atoms with Gasteiger partial charge in [0, 0.05) is 42.9 Å². The lowest BCUT2D eigenvalue weighted by Gasteiger charge is -2.43. The van der Waals surface area contributed by atoms with Crippen LogP contribution in [-0.2, 0) is 6.54 Å². The third kappa shape index (κ3) is 3.18. The Morgan fingerprint density at radius 1 is 0.967 bits per heavy atom. The number of carbonyl (C=O) groups is 1. The smallest absolute Gasteiger partial charge is 0.253 e. The maximum Gasteiger partial charge on any atom is 0.253 e. The van der Waals surface area contributed by atoms with Gasteiger partial charge in [-0.3, -0.25) is 9.59 Å². The zero-order valence-electron chi connectivity index (χ0n) is 16.3. The van der Waals surface area contributed by atoms with E-state index in [1.165, 1.54) is 12.1 Å². The maximum absolute atomic E-state index is 13.7. The molecule has 2 bridgehead atoms. The van der Waals surface area contributed by atoms with Crippen molar-refractivity contribution in [1.29, 1.82) is 0 Å². The fourth-order valence-corrected chi connectivity index (χ4v) is 4.74. The summed E-state index contributed by atoms with van der Waals surface area (Å²) in [5.41, 5.74) is 3.03. The standard InChI is InChI=1S/C24H21FN2O3/c25-20-9-17(6-7-22(20)28)24(30)26-12-15-8-19(14-26)21-10-18(11-23(29)27(21)13-15)16-4-2-1-3-5-16/h1-7,9-11,15,19,28H,8,12-14H2/t15-,19+/m0/s1. The first-order valence-corrected chi connectivity index (χ1v) is 10.1. The van der Waals surface area contributed by atoms with Crippen LogP contribution in [0.2, 0.25) is 0 Å². The van der Waals surface area contributed by atoms with Gasteiger partial charge in [0.25, 0.3) is 11.5 Å². The number of aromatic nitrogens is 1. The molecule has 2 atom stereocenters. The van der Waals surface area contributed by atoms with E-state index < -0.39 is 11.6 Å². The second-order valence-electron chi connectivity index (χ2n) is 8.16. The number of pyridine rings is 1. The molecule has 0 unspecified atom stereocenters. The molecule has 0 spiro atoms. The molecule has 2 aliphatic heterocycles. The molecule has 30 heavy (non-hydrogen) atoms. The summed E-state index contributed by atoms with van der Waals surface area (Å²) in [6.45, 7) is 1.59. The second kappa shape index (κ2) is 7.13. The first kappa shape index (κ1) is 18.6. The molecular weight excluding hydrogens is 383 g/mol. The predicted octanol–water partition coefficient (Wildman–Crippen LogP) is 3.62. The zero-order valence-corrected chi connectivity index (χ0v) is 16.3. The lowest BCUT2D eigenvalue weighted by atomic mass is 9.82. The van der Waals surface area contributed by atoms with Gasteiger partial charge in [0.1, 0.15) is 0 Å². The average molecular weight is 404 g/mol. The van der Waals surface area contributed by atoms with E-state index in [1.54, 1.807) is 11.0 Å². The minimum atomic E-state index is -0.803. The van der Waals surface area contributed by atoms with Crippen LogP contribution >= 0.6 is 0 Å². The molecule has 2 aromatic carbocycles. The fourth-order valence-electron chi connectivity index (χ4n) is 4.74. The Bertz CT molecular complexity index is 1190. The lowest BCUT2D eigenvalue weighted by molar-refractivity contribution is 0.0594. The number of hydrogen-bond donors (Lipinski definition) is 1. The highest BCUT2D eigenvalue weighted by atomic mass is 19.1. The summed E-state index contributed by atoms with van der Waals surface area (Å²) in [7, 11) is 0. The number of phenolic OH excluding ortho intramolecular Hbond substituents is 1. The van der Waals surface area contributed by atoms with Crippen LogP contribution in [0.3, 0.4) is 0 Å². The highest BCUT2D eigenvalue weighted by Gasteiger charge is 2.37. The SMILES string of the molecule is O=C(c1ccc(O)c(F)c1)N1C[C@@H]2C[C@H](C1)c1cc(-c3ccccc3)cc(=O)n1C2. The molecule has 0 radical (unpaired) electrons. The van der Waals surface area contributed by atoms with Crippen molar-refractivity contribution < 1.29 is 14.3 Å². The summed E-state index contributed by atoms with van der Waals surface area (Å²) in [6, 6.07) is 17.3. The van der Waals surface area contributed by atoms with E-state index in [2.05, 4.69) is 6.07 Å². The van der Waals surface area contributed by atoms with Crippen LogP contribution in [0.5, 0.6) is 5.75 Å². The number of nitrogens with zero attached hydrogens (tertiary/aromatic N) is 2. The average Bonchev–Trinajstić information content (AvgIpc) is 2.76. The Balaban J connectivity index is 1.48. The topological polar surface area (TPSA) is 62.5 Å². The second-order valence-corrected chi connectivity index (χ2v) is 8.16. The summed E-state index contributed by atoms with van der Waals surface area (Å²) < 4.78 is 15.6. The molecule has 1 amide bonds. The maximum atomic E-state index is 13.7. The minimum absolute atomic E-state index is 0.0126. The molecule has 152 valence electrons. The van der Waals surface area contributed by atoms with Crippen LogP contribution in [0.1, 0.15) is 28.4 Å². The van der Waals surface area contributed by atoms with Gasteiger partial charge in [0.05, 0.1) is 0 Å². The van der Waals surface area contributed by atoms with Gasteiger partial charge in [-0.2, -0.15) is 0 Å². The van der Waals surface area contributed by atoms with Crippen LogP contribution in [0.25, 0.3) is 11.1 Å². The van der Waals surface area contributed by atoms with E-state index in [-0.39, 0.29) is 28.9 Å². The number of phenols is 1. The summed E-state index contributed by atoms with van der Waals surface area (Å²) >= 11 is 0. The Labute approximate surface area is 173 Å². The van der Waals surface area contributed by atoms with Gasteiger partial charge in [0.15, 0.2) is 11.6 Å². The van der Waals surface area contributed by atoms with Gasteiger partial charge in [-0.15, -0.1) is 0 Å². The van der Waals surface area contributed by atoms with E-state index in [0.29, 0.717) is 19.6 Å². The molecule has 2 aliphatic rings. The normalized spacial score (nSPS) is 20.0. The highest BCUT2D eigenvalue weighted by molar-refractivity contribution is 5.94. The van der Waals surface area contributed by atoms with Crippen molar-refractivity contribution in [2.24, 2.45) is 5.92 Å². The van der Waals surface area contributed by atoms with Gasteiger partial charge in [0.2, 0.25) is 0 Å². The number of likely N-dealkylation sites (tertiary alicyclic amines) is 1. The molecule has 3 heterocycles. The molecule has 3 aromatic rings. The molecule has 6 heteroatoms. The molecule has 5 rings (SSSR count). The number of hydrogen-bond acceptors (Lipinski definition) is 3. The molecule has 0 aliphatic carbocycles. The largest absolute Gasteiger partial charge is 0.505 e. The van der Waals surface area contributed by atoms with Gasteiger partial charge >= 0.3 is 0 Å². The first-order valence-electron chi connectivity index (χ1n) is 10.1. The van der Waals surface area contributed by atoms with Crippen LogP contribution < -0.4 is 5.56 Å². The number of aromatic hydroxyl groups is 1. The number of benzene rings is 2. The summed E-state index contributed by atoms with van der Waals surface area (Å²) in [6.07, 6.45) is 0.922. The molecule has 1 N–H and O–H groups in total. The summed E-state index contributed by atoms with van der Waals surface area (Å²) in [4.78, 5) is 27.5. The van der Waals surface area contributed by atoms with Gasteiger partial charge < -0.3 is 14.6 Å². The van der Waals surface area contributed by atoms with Crippen molar-refractivity contribution >= 4 is 5.91 Å². The van der Waals surface area contributed by atoms with Gasteiger partial charge in [-0.05, 0) is 47.7 Å². The van der Waals surface area contributed by atoms with Crippen LogP contribution in [0, 0.1) is 11.7 Å². The van der Waals surface area contributed by atoms with E-state index in [4.69, 9.17) is 0 Å². The van der Waals surface area contributed by atoms with Crippen molar-refractivity contribution in [2.75, 3.05) is 13.1 Å². The number of amides is 1. The third-order valence-corrected chi connectivity index (χ3v) is 6.15. The number of carbonyl (C=O) groups excluding carboxylic acids is 1. The van der Waals surface area contributed by atoms with Crippen molar-refractivity contribution in [3.8, 4) is 16.9 Å². The van der Waals surface area contributed by atoms with E-state index >= 15 is 0 Å². The fraction of sp³-hybridized carbons (Fsp3) is 0.250. The van der Waals surface area contributed by atoms with Crippen LogP contribution in [-0.4, -0.2) is 33.6 Å². The molecule has 0 saturated carbocycles. The molecule has 1 fully saturated rings. The van der Waals surface area contributed by atoms with Crippen molar-refractivity contribution in [3.05, 3.63) is 88.1 Å². The Kier molecular flexibility index (Phi) is 4.42. The molecule has 5 nitrogen and oxygen atoms in total. The van der Waals surface area contributed by atoms with Crippen molar-refractivity contribution in [2.45, 2.75) is 18.9 Å². The van der Waals surface area contributed by atoms with E-state index in [1.807, 2.05) is 34.9 Å². The monoisotopic (exact) mass is 404 g/mol. The summed E-state index contributed by atoms with van der Waals surface area (Å²) in [5.74, 6) is -1.29. The number of fused-ring (bicyclic) bond motifs is 4. The summed E-state index contributed by atoms with van der Waals surface area (Å²) in [5, 5.41) is 9.39. The Morgan fingerprint density at radius 3 is 2.53 bits per heavy atom. The Hall–Kier alpha value is -3.41. The first-order chi connectivity index (χ1) is 14.5. The third-order valence-electron chi connectivity index (χ3n) is 6.15. The number of piperidine rings is 1. The lowest BCUT2D eigenvalue weighted by Crippen LogP contribution is -2.49. The van der Waals surface area contributed by atoms with Crippen molar-refractivity contribution in [1.82, 2.24) is 9.47 Å². The van der Waals surface area contributed by atoms with Gasteiger partial charge in [-0.1, -0.05) is 30.3 Å². The highest BCUT2D eigenvalue weighted by Crippen LogP contribution is 2.37. The number of halogens is 1. The molecule has 1 aromatic heterocycles. The van der Waals surface area contributed by atoms with Crippen LogP contribution in [0.15, 0.2) is 65.5 Å². The zero-order chi connectivity index (χ0) is 20.8. The van der Waals surface area contributed by atoms with E-state index in [0.717, 1.165) is 29.3 Å². The molecule has 1 saturated heterocycles. The Morgan fingerprint density at radius 2 is 1.77 bits per heavy atom. The van der Waals surface area contributed by atoms with Crippen LogP contribution in [0.4, 0.5) is 4.39 Å². The number of rotatable bonds is 2. The predicted molar refractivity (Wildman–Crippen MR) is 111 cm³/mol. The van der Waals surface area contributed by atoms with E-state index in [9.17, 15) is 19.1 Å². The van der Waals surface area contributed by atoms with Crippen molar-refractivity contribution in [3.63, 3.8) is 0 Å². The minimum Gasteiger partial charge on any atom is -0.505 e. The quantitative estimate of drug-likeness (QED) is 0.710. The van der Waals surface area contributed by atoms with Gasteiger partial charge in [-0.25, -0.2) is 4.39 Å². The molecular formula is C24H21FN2O3.